The monoisotopic (exact) mass is 276 g/mol. The van der Waals surface area contributed by atoms with Crippen LogP contribution in [-0.2, 0) is 22.6 Å². The van der Waals surface area contributed by atoms with Crippen LogP contribution >= 0.6 is 0 Å². The van der Waals surface area contributed by atoms with Gasteiger partial charge < -0.3 is 10.5 Å². The van der Waals surface area contributed by atoms with Crippen molar-refractivity contribution in [1.82, 2.24) is 4.90 Å². The van der Waals surface area contributed by atoms with E-state index in [1.807, 2.05) is 0 Å². The van der Waals surface area contributed by atoms with Gasteiger partial charge in [-0.25, -0.2) is 0 Å². The van der Waals surface area contributed by atoms with Crippen molar-refractivity contribution in [3.63, 3.8) is 0 Å². The molecule has 2 rings (SSSR count). The molecule has 2 unspecified atom stereocenters. The van der Waals surface area contributed by atoms with Gasteiger partial charge in [0.05, 0.1) is 13.0 Å². The summed E-state index contributed by atoms with van der Waals surface area (Å²) >= 11 is 0. The Labute approximate surface area is 120 Å². The lowest BCUT2D eigenvalue weighted by molar-refractivity contribution is -0.146. The van der Waals surface area contributed by atoms with Crippen LogP contribution in [0.1, 0.15) is 23.6 Å². The zero-order valence-corrected chi connectivity index (χ0v) is 12.6. The van der Waals surface area contributed by atoms with E-state index >= 15 is 0 Å². The molecule has 0 spiro atoms. The minimum Gasteiger partial charge on any atom is -0.469 e. The van der Waals surface area contributed by atoms with E-state index in [-0.39, 0.29) is 11.9 Å². The molecule has 4 heteroatoms. The SMILES string of the molecule is COC(=O)C1CN(Cc2ccc(CN)cc2C)CC1C. The maximum absolute atomic E-state index is 11.7. The summed E-state index contributed by atoms with van der Waals surface area (Å²) in [6.07, 6.45) is 0. The Balaban J connectivity index is 2.03. The molecular weight excluding hydrogens is 252 g/mol. The summed E-state index contributed by atoms with van der Waals surface area (Å²) in [7, 11) is 1.47. The van der Waals surface area contributed by atoms with Crippen LogP contribution in [0.25, 0.3) is 0 Å². The number of ether oxygens (including phenoxy) is 1. The lowest BCUT2D eigenvalue weighted by Gasteiger charge is -2.17. The van der Waals surface area contributed by atoms with Crippen LogP contribution in [0.3, 0.4) is 0 Å². The van der Waals surface area contributed by atoms with E-state index in [0.717, 1.165) is 25.2 Å². The predicted octanol–water partition coefficient (Wildman–Crippen LogP) is 1.69. The Morgan fingerprint density at radius 2 is 2.20 bits per heavy atom. The highest BCUT2D eigenvalue weighted by Crippen LogP contribution is 2.26. The standard InChI is InChI=1S/C16H24N2O2/c1-11-6-13(7-17)4-5-14(11)9-18-8-12(2)15(10-18)16(19)20-3/h4-6,12,15H,7-10,17H2,1-3H3. The van der Waals surface area contributed by atoms with Crippen molar-refractivity contribution in [2.24, 2.45) is 17.6 Å². The number of benzene rings is 1. The number of esters is 1. The van der Waals surface area contributed by atoms with Gasteiger partial charge in [-0.15, -0.1) is 0 Å². The third-order valence-electron chi connectivity index (χ3n) is 4.23. The molecule has 20 heavy (non-hydrogen) atoms. The van der Waals surface area contributed by atoms with Gasteiger partial charge in [0.25, 0.3) is 0 Å². The molecule has 0 aliphatic carbocycles. The van der Waals surface area contributed by atoms with Crippen LogP contribution in [0, 0.1) is 18.8 Å². The van der Waals surface area contributed by atoms with Crippen LogP contribution < -0.4 is 5.73 Å². The van der Waals surface area contributed by atoms with E-state index in [4.69, 9.17) is 10.5 Å². The number of carbonyl (C=O) groups excluding carboxylic acids is 1. The first kappa shape index (κ1) is 15.0. The summed E-state index contributed by atoms with van der Waals surface area (Å²) in [5.74, 6) is 0.268. The van der Waals surface area contributed by atoms with Crippen molar-refractivity contribution in [1.29, 1.82) is 0 Å². The van der Waals surface area contributed by atoms with Crippen molar-refractivity contribution in [3.8, 4) is 0 Å². The zero-order valence-electron chi connectivity index (χ0n) is 12.6. The van der Waals surface area contributed by atoms with E-state index in [2.05, 4.69) is 36.9 Å². The molecule has 2 N–H and O–H groups in total. The number of rotatable bonds is 4. The van der Waals surface area contributed by atoms with E-state index in [0.29, 0.717) is 12.5 Å². The predicted molar refractivity (Wildman–Crippen MR) is 79.0 cm³/mol. The van der Waals surface area contributed by atoms with Gasteiger partial charge in [-0.3, -0.25) is 9.69 Å². The summed E-state index contributed by atoms with van der Waals surface area (Å²) in [6.45, 7) is 7.42. The third kappa shape index (κ3) is 3.19. The molecule has 0 saturated carbocycles. The Morgan fingerprint density at radius 3 is 2.80 bits per heavy atom. The Morgan fingerprint density at radius 1 is 1.45 bits per heavy atom. The van der Waals surface area contributed by atoms with Crippen molar-refractivity contribution in [2.45, 2.75) is 26.9 Å². The molecule has 0 aromatic heterocycles. The summed E-state index contributed by atoms with van der Waals surface area (Å²) in [5.41, 5.74) is 9.39. The fourth-order valence-electron chi connectivity index (χ4n) is 2.96. The van der Waals surface area contributed by atoms with E-state index in [9.17, 15) is 4.79 Å². The minimum absolute atomic E-state index is 0.00335. The van der Waals surface area contributed by atoms with Gasteiger partial charge in [-0.05, 0) is 29.5 Å². The molecule has 4 nitrogen and oxygen atoms in total. The van der Waals surface area contributed by atoms with Crippen LogP contribution in [0.15, 0.2) is 18.2 Å². The fraction of sp³-hybridized carbons (Fsp3) is 0.562. The number of likely N-dealkylation sites (tertiary alicyclic amines) is 1. The largest absolute Gasteiger partial charge is 0.469 e. The molecule has 1 aromatic carbocycles. The van der Waals surface area contributed by atoms with Gasteiger partial charge >= 0.3 is 5.97 Å². The summed E-state index contributed by atoms with van der Waals surface area (Å²) < 4.78 is 4.88. The summed E-state index contributed by atoms with van der Waals surface area (Å²) in [6, 6.07) is 6.37. The molecule has 2 atom stereocenters. The molecular formula is C16H24N2O2. The quantitative estimate of drug-likeness (QED) is 0.850. The first-order chi connectivity index (χ1) is 9.55. The third-order valence-corrected chi connectivity index (χ3v) is 4.23. The summed E-state index contributed by atoms with van der Waals surface area (Å²) in [4.78, 5) is 14.0. The van der Waals surface area contributed by atoms with Gasteiger partial charge in [0.2, 0.25) is 0 Å². The Bertz CT molecular complexity index is 487. The highest BCUT2D eigenvalue weighted by Gasteiger charge is 2.35. The van der Waals surface area contributed by atoms with Gasteiger partial charge in [0, 0.05) is 26.2 Å². The molecule has 1 aromatic rings. The molecule has 1 aliphatic rings. The molecule has 1 heterocycles. The molecule has 0 amide bonds. The number of hydrogen-bond donors (Lipinski definition) is 1. The topological polar surface area (TPSA) is 55.6 Å². The minimum atomic E-state index is -0.0878. The average Bonchev–Trinajstić information content (AvgIpc) is 2.81. The van der Waals surface area contributed by atoms with Gasteiger partial charge in [-0.2, -0.15) is 0 Å². The normalized spacial score (nSPS) is 23.0. The Hall–Kier alpha value is -1.39. The summed E-state index contributed by atoms with van der Waals surface area (Å²) in [5, 5.41) is 0. The van der Waals surface area contributed by atoms with Crippen molar-refractivity contribution in [3.05, 3.63) is 34.9 Å². The highest BCUT2D eigenvalue weighted by atomic mass is 16.5. The van der Waals surface area contributed by atoms with Crippen molar-refractivity contribution < 1.29 is 9.53 Å². The Kier molecular flexibility index (Phi) is 4.78. The van der Waals surface area contributed by atoms with Crippen LogP contribution in [-0.4, -0.2) is 31.1 Å². The molecule has 110 valence electrons. The number of hydrogen-bond acceptors (Lipinski definition) is 4. The molecule has 0 radical (unpaired) electrons. The maximum atomic E-state index is 11.7. The zero-order chi connectivity index (χ0) is 14.7. The van der Waals surface area contributed by atoms with Crippen LogP contribution in [0.2, 0.25) is 0 Å². The van der Waals surface area contributed by atoms with Gasteiger partial charge in [-0.1, -0.05) is 25.1 Å². The lowest BCUT2D eigenvalue weighted by Crippen LogP contribution is -2.24. The average molecular weight is 276 g/mol. The fourth-order valence-corrected chi connectivity index (χ4v) is 2.96. The number of nitrogens with two attached hydrogens (primary N) is 1. The van der Waals surface area contributed by atoms with E-state index < -0.39 is 0 Å². The number of nitrogens with zero attached hydrogens (tertiary/aromatic N) is 1. The number of aryl methyl sites for hydroxylation is 1. The lowest BCUT2D eigenvalue weighted by atomic mass is 9.99. The van der Waals surface area contributed by atoms with Crippen molar-refractivity contribution >= 4 is 5.97 Å². The molecule has 1 aliphatic heterocycles. The van der Waals surface area contributed by atoms with Crippen molar-refractivity contribution in [2.75, 3.05) is 20.2 Å². The van der Waals surface area contributed by atoms with Gasteiger partial charge in [0.15, 0.2) is 0 Å². The van der Waals surface area contributed by atoms with Crippen LogP contribution in [0.4, 0.5) is 0 Å². The smallest absolute Gasteiger partial charge is 0.310 e. The maximum Gasteiger partial charge on any atom is 0.310 e. The van der Waals surface area contributed by atoms with E-state index in [1.165, 1.54) is 18.2 Å². The van der Waals surface area contributed by atoms with Gasteiger partial charge in [0.1, 0.15) is 0 Å². The number of carbonyl (C=O) groups is 1. The molecule has 0 bridgehead atoms. The first-order valence-electron chi connectivity index (χ1n) is 7.13. The second kappa shape index (κ2) is 6.37. The second-order valence-corrected chi connectivity index (χ2v) is 5.77. The highest BCUT2D eigenvalue weighted by molar-refractivity contribution is 5.73. The first-order valence-corrected chi connectivity index (χ1v) is 7.13. The van der Waals surface area contributed by atoms with E-state index in [1.54, 1.807) is 0 Å². The molecule has 1 fully saturated rings. The number of methoxy groups -OCH3 is 1. The van der Waals surface area contributed by atoms with Crippen LogP contribution in [0.5, 0.6) is 0 Å². The second-order valence-electron chi connectivity index (χ2n) is 5.77. The molecule has 1 saturated heterocycles.